The fraction of sp³-hybridized carbons (Fsp3) is 0.500. The largest absolute Gasteiger partial charge is 0.507 e. The van der Waals surface area contributed by atoms with E-state index in [-0.39, 0.29) is 11.5 Å². The van der Waals surface area contributed by atoms with Gasteiger partial charge in [0.1, 0.15) is 11.5 Å². The van der Waals surface area contributed by atoms with Crippen LogP contribution in [0.3, 0.4) is 0 Å². The van der Waals surface area contributed by atoms with Gasteiger partial charge in [0.2, 0.25) is 0 Å². The number of aromatic hydroxyl groups is 2. The number of benzene rings is 2. The van der Waals surface area contributed by atoms with Crippen LogP contribution in [0.4, 0.5) is 0 Å². The van der Waals surface area contributed by atoms with Crippen LogP contribution in [0, 0.1) is 27.7 Å². The van der Waals surface area contributed by atoms with Gasteiger partial charge in [0, 0.05) is 11.1 Å². The van der Waals surface area contributed by atoms with Crippen LogP contribution in [0.15, 0.2) is 24.3 Å². The van der Waals surface area contributed by atoms with Crippen molar-refractivity contribution in [1.29, 1.82) is 0 Å². The Labute approximate surface area is 162 Å². The molecule has 0 saturated carbocycles. The zero-order valence-electron chi connectivity index (χ0n) is 19.2. The maximum Gasteiger partial charge on any atom is 0.123 e. The molecule has 2 aromatic carbocycles. The van der Waals surface area contributed by atoms with Crippen molar-refractivity contribution in [2.45, 2.75) is 83.1 Å². The molecule has 2 N–H and O–H groups in total. The average Bonchev–Trinajstić information content (AvgIpc) is 2.68. The minimum atomic E-state index is 0.205. The van der Waals surface area contributed by atoms with E-state index >= 15 is 0 Å². The second-order valence-electron chi connectivity index (χ2n) is 4.91. The molecule has 0 bridgehead atoms. The molecular weight excluding hydrogens is 320 g/mol. The summed E-state index contributed by atoms with van der Waals surface area (Å²) in [6.45, 7) is 23.9. The van der Waals surface area contributed by atoms with Crippen molar-refractivity contribution in [3.8, 4) is 22.6 Å². The first-order chi connectivity index (χ1) is 12.4. The molecule has 2 nitrogen and oxygen atoms in total. The zero-order valence-corrected chi connectivity index (χ0v) is 19.2. The zero-order chi connectivity index (χ0) is 21.4. The van der Waals surface area contributed by atoms with Gasteiger partial charge in [-0.05, 0) is 74.2 Å². The Morgan fingerprint density at radius 2 is 0.615 bits per heavy atom. The normalized spacial score (nSPS) is 8.31. The highest BCUT2D eigenvalue weighted by Crippen LogP contribution is 2.38. The van der Waals surface area contributed by atoms with Crippen molar-refractivity contribution < 1.29 is 10.2 Å². The van der Waals surface area contributed by atoms with E-state index < -0.39 is 0 Å². The molecule has 0 atom stereocenters. The summed E-state index contributed by atoms with van der Waals surface area (Å²) in [6, 6.07) is 7.29. The second kappa shape index (κ2) is 16.5. The molecule has 2 rings (SSSR count). The third kappa shape index (κ3) is 8.42. The summed E-state index contributed by atoms with van der Waals surface area (Å²) in [6.07, 6.45) is 0. The number of hydrogen-bond acceptors (Lipinski definition) is 2. The first-order valence-electron chi connectivity index (χ1n) is 10.0. The molecule has 150 valence electrons. The Morgan fingerprint density at radius 3 is 0.846 bits per heavy atom. The Balaban J connectivity index is -0.000000585. The number of phenolic OH excluding ortho intramolecular Hbond substituents is 2. The Bertz CT molecular complexity index is 559. The van der Waals surface area contributed by atoms with Gasteiger partial charge in [0.15, 0.2) is 0 Å². The van der Waals surface area contributed by atoms with E-state index in [1.807, 2.05) is 95.2 Å². The lowest BCUT2D eigenvalue weighted by atomic mass is 9.95. The van der Waals surface area contributed by atoms with Crippen molar-refractivity contribution in [3.05, 3.63) is 46.5 Å². The van der Waals surface area contributed by atoms with E-state index in [0.717, 1.165) is 22.3 Å². The Kier molecular flexibility index (Phi) is 18.3. The summed E-state index contributed by atoms with van der Waals surface area (Å²) in [5.74, 6) is 0.410. The predicted molar refractivity (Wildman–Crippen MR) is 120 cm³/mol. The summed E-state index contributed by atoms with van der Waals surface area (Å²) < 4.78 is 0. The van der Waals surface area contributed by atoms with E-state index in [1.165, 1.54) is 0 Å². The maximum atomic E-state index is 10.0. The monoisotopic (exact) mass is 362 g/mol. The van der Waals surface area contributed by atoms with Gasteiger partial charge in [-0.2, -0.15) is 0 Å². The van der Waals surface area contributed by atoms with Crippen LogP contribution < -0.4 is 0 Å². The lowest BCUT2D eigenvalue weighted by Crippen LogP contribution is -1.89. The van der Waals surface area contributed by atoms with Crippen LogP contribution in [-0.4, -0.2) is 10.2 Å². The summed E-state index contributed by atoms with van der Waals surface area (Å²) in [4.78, 5) is 0. The average molecular weight is 363 g/mol. The summed E-state index contributed by atoms with van der Waals surface area (Å²) in [5.41, 5.74) is 5.64. The molecule has 0 aliphatic heterocycles. The quantitative estimate of drug-likeness (QED) is 0.538. The molecule has 0 aliphatic carbocycles. The smallest absolute Gasteiger partial charge is 0.123 e. The second-order valence-corrected chi connectivity index (χ2v) is 4.91. The predicted octanol–water partition coefficient (Wildman–Crippen LogP) is 8.10. The molecule has 0 radical (unpaired) electrons. The van der Waals surface area contributed by atoms with Crippen molar-refractivity contribution in [1.82, 2.24) is 0 Å². The van der Waals surface area contributed by atoms with Crippen molar-refractivity contribution >= 4 is 0 Å². The Hall–Kier alpha value is -1.96. The topological polar surface area (TPSA) is 40.5 Å². The molecule has 0 heterocycles. The van der Waals surface area contributed by atoms with E-state index in [2.05, 4.69) is 0 Å². The van der Waals surface area contributed by atoms with Gasteiger partial charge in [-0.15, -0.1) is 0 Å². The summed E-state index contributed by atoms with van der Waals surface area (Å²) in [7, 11) is 0. The van der Waals surface area contributed by atoms with Gasteiger partial charge in [-0.3, -0.25) is 0 Å². The third-order valence-electron chi connectivity index (χ3n) is 3.51. The molecule has 0 aliphatic rings. The highest BCUT2D eigenvalue weighted by atomic mass is 16.3. The minimum Gasteiger partial charge on any atom is -0.507 e. The molecule has 0 saturated heterocycles. The molecule has 26 heavy (non-hydrogen) atoms. The van der Waals surface area contributed by atoms with Crippen molar-refractivity contribution in [3.63, 3.8) is 0 Å². The van der Waals surface area contributed by atoms with Crippen LogP contribution in [0.1, 0.15) is 77.6 Å². The van der Waals surface area contributed by atoms with Gasteiger partial charge >= 0.3 is 0 Å². The molecule has 0 aromatic heterocycles. The first-order valence-corrected chi connectivity index (χ1v) is 10.0. The first kappa shape index (κ1) is 28.8. The minimum absolute atomic E-state index is 0.205. The molecule has 0 unspecified atom stereocenters. The molecule has 0 amide bonds. The lowest BCUT2D eigenvalue weighted by Gasteiger charge is -2.12. The van der Waals surface area contributed by atoms with Crippen LogP contribution in [0.25, 0.3) is 11.1 Å². The molecule has 0 spiro atoms. The summed E-state index contributed by atoms with van der Waals surface area (Å²) in [5, 5.41) is 20.1. The van der Waals surface area contributed by atoms with Gasteiger partial charge in [0.25, 0.3) is 0 Å². The number of rotatable bonds is 1. The highest BCUT2D eigenvalue weighted by Gasteiger charge is 2.12. The van der Waals surface area contributed by atoms with E-state index in [0.29, 0.717) is 11.1 Å². The van der Waals surface area contributed by atoms with E-state index in [9.17, 15) is 10.2 Å². The SMILES string of the molecule is CC.CC.CC.CC.Cc1cc(O)c(-c2cc(C)c(C)cc2O)cc1C. The van der Waals surface area contributed by atoms with E-state index in [1.54, 1.807) is 12.1 Å². The van der Waals surface area contributed by atoms with Crippen molar-refractivity contribution in [2.24, 2.45) is 0 Å². The van der Waals surface area contributed by atoms with Crippen LogP contribution in [0.2, 0.25) is 0 Å². The fourth-order valence-corrected chi connectivity index (χ4v) is 2.03. The van der Waals surface area contributed by atoms with Gasteiger partial charge in [-0.1, -0.05) is 55.4 Å². The van der Waals surface area contributed by atoms with Gasteiger partial charge in [-0.25, -0.2) is 0 Å². The van der Waals surface area contributed by atoms with Gasteiger partial charge in [0.05, 0.1) is 0 Å². The Morgan fingerprint density at radius 1 is 0.423 bits per heavy atom. The standard InChI is InChI=1S/C16H18O2.4C2H6/c1-9-5-13(15(17)7-11(9)3)14-6-10(2)12(4)8-16(14)18;4*1-2/h5-8,17-18H,1-4H3;4*1-2H3. The van der Waals surface area contributed by atoms with Crippen LogP contribution >= 0.6 is 0 Å². The molecule has 2 heteroatoms. The number of phenols is 2. The van der Waals surface area contributed by atoms with Crippen LogP contribution in [0.5, 0.6) is 11.5 Å². The molecular formula is C24H42O2. The van der Waals surface area contributed by atoms with E-state index in [4.69, 9.17) is 0 Å². The number of hydrogen-bond donors (Lipinski definition) is 2. The molecule has 0 fully saturated rings. The van der Waals surface area contributed by atoms with Crippen molar-refractivity contribution in [2.75, 3.05) is 0 Å². The summed E-state index contributed by atoms with van der Waals surface area (Å²) >= 11 is 0. The van der Waals surface area contributed by atoms with Crippen LogP contribution in [-0.2, 0) is 0 Å². The fourth-order valence-electron chi connectivity index (χ4n) is 2.03. The maximum absolute atomic E-state index is 10.0. The third-order valence-corrected chi connectivity index (χ3v) is 3.51. The highest BCUT2D eigenvalue weighted by molar-refractivity contribution is 5.77. The van der Waals surface area contributed by atoms with Gasteiger partial charge < -0.3 is 10.2 Å². The molecule has 2 aromatic rings. The number of aryl methyl sites for hydroxylation is 4. The lowest BCUT2D eigenvalue weighted by molar-refractivity contribution is 0.468.